The molecule has 8 nitrogen and oxygen atoms in total. The number of fused-ring (bicyclic) bond motifs is 1. The van der Waals surface area contributed by atoms with Crippen LogP contribution in [-0.2, 0) is 4.79 Å². The number of aldehydes is 1. The smallest absolute Gasteiger partial charge is 0.155 e. The SMILES string of the molecule is CC.CCC(CO)N=C(N)/C(C=O)=C(\N)c1cc2nc(-c3ccccc3)cc(OC)c2cc1F.CN. The standard InChI is InChI=1S/C24H25FN4O3.C2H6.CH5N/c1-3-15(12-30)28-24(27)18(13-31)23(26)16-10-21-17(9-19(16)25)22(32-2)11-20(29-21)14-7-5-4-6-8-14;2*1-2/h4-11,13,15,30H,3,12,26H2,1-2H3,(H2,27,28);1-2H3;2H2,1H3/b23-18-;;. The average Bonchev–Trinajstić information content (AvgIpc) is 2.93. The Morgan fingerprint density at radius 3 is 2.33 bits per heavy atom. The summed E-state index contributed by atoms with van der Waals surface area (Å²) in [6.45, 7) is 5.58. The van der Waals surface area contributed by atoms with Gasteiger partial charge in [-0.05, 0) is 25.6 Å². The molecule has 0 aliphatic heterocycles. The summed E-state index contributed by atoms with van der Waals surface area (Å²) in [6.07, 6.45) is 0.940. The van der Waals surface area contributed by atoms with Gasteiger partial charge in [-0.2, -0.15) is 0 Å². The molecule has 3 aromatic rings. The predicted molar refractivity (Wildman–Crippen MR) is 145 cm³/mol. The van der Waals surface area contributed by atoms with E-state index in [0.717, 1.165) is 5.56 Å². The number of hydrogen-bond acceptors (Lipinski definition) is 7. The number of hydrogen-bond donors (Lipinski definition) is 4. The highest BCUT2D eigenvalue weighted by molar-refractivity contribution is 6.18. The monoisotopic (exact) mass is 497 g/mol. The summed E-state index contributed by atoms with van der Waals surface area (Å²) < 4.78 is 20.5. The summed E-state index contributed by atoms with van der Waals surface area (Å²) in [7, 11) is 3.00. The van der Waals surface area contributed by atoms with Gasteiger partial charge in [0.2, 0.25) is 0 Å². The van der Waals surface area contributed by atoms with Crippen LogP contribution >= 0.6 is 0 Å². The Kier molecular flexibility index (Phi) is 12.8. The molecule has 3 rings (SSSR count). The maximum absolute atomic E-state index is 15.0. The number of carbonyl (C=O) groups excluding carboxylic acids is 1. The van der Waals surface area contributed by atoms with Crippen molar-refractivity contribution >= 4 is 28.7 Å². The predicted octanol–water partition coefficient (Wildman–Crippen LogP) is 3.65. The lowest BCUT2D eigenvalue weighted by Crippen LogP contribution is -2.24. The molecule has 1 unspecified atom stereocenters. The van der Waals surface area contributed by atoms with Crippen LogP contribution in [0.25, 0.3) is 27.9 Å². The molecule has 9 heteroatoms. The molecular weight excluding hydrogens is 461 g/mol. The van der Waals surface area contributed by atoms with E-state index < -0.39 is 11.9 Å². The molecule has 7 N–H and O–H groups in total. The molecule has 0 fully saturated rings. The van der Waals surface area contributed by atoms with E-state index in [1.54, 1.807) is 6.07 Å². The Balaban J connectivity index is 0.00000154. The molecule has 0 saturated heterocycles. The van der Waals surface area contributed by atoms with E-state index in [9.17, 15) is 9.90 Å². The second-order valence-corrected chi connectivity index (χ2v) is 7.13. The number of carbonyl (C=O) groups is 1. The van der Waals surface area contributed by atoms with E-state index in [0.29, 0.717) is 35.1 Å². The number of ether oxygens (including phenoxy) is 1. The summed E-state index contributed by atoms with van der Waals surface area (Å²) in [4.78, 5) is 20.5. The first-order valence-corrected chi connectivity index (χ1v) is 11.6. The number of aromatic nitrogens is 1. The van der Waals surface area contributed by atoms with Gasteiger partial charge in [0.05, 0.1) is 42.2 Å². The summed E-state index contributed by atoms with van der Waals surface area (Å²) >= 11 is 0. The van der Waals surface area contributed by atoms with E-state index in [2.05, 4.69) is 15.7 Å². The third kappa shape index (κ3) is 7.10. The molecule has 0 amide bonds. The minimum atomic E-state index is -0.663. The van der Waals surface area contributed by atoms with Crippen LogP contribution in [0.15, 0.2) is 59.1 Å². The lowest BCUT2D eigenvalue weighted by Gasteiger charge is -2.13. The van der Waals surface area contributed by atoms with Crippen molar-refractivity contribution in [1.29, 1.82) is 0 Å². The maximum atomic E-state index is 15.0. The molecule has 0 aliphatic rings. The zero-order valence-electron chi connectivity index (χ0n) is 21.5. The van der Waals surface area contributed by atoms with E-state index in [1.807, 2.05) is 51.1 Å². The molecular formula is C27H36FN5O3. The largest absolute Gasteiger partial charge is 0.496 e. The van der Waals surface area contributed by atoms with Crippen LogP contribution < -0.4 is 21.9 Å². The van der Waals surface area contributed by atoms with Crippen LogP contribution in [0.4, 0.5) is 4.39 Å². The van der Waals surface area contributed by atoms with Gasteiger partial charge in [0.25, 0.3) is 0 Å². The number of aliphatic hydroxyl groups is 1. The molecule has 1 aromatic heterocycles. The van der Waals surface area contributed by atoms with Crippen molar-refractivity contribution in [2.45, 2.75) is 33.2 Å². The number of rotatable bonds is 8. The molecule has 0 radical (unpaired) electrons. The Labute approximate surface area is 211 Å². The zero-order valence-corrected chi connectivity index (χ0v) is 21.5. The Hall–Kier alpha value is -3.82. The van der Waals surface area contributed by atoms with Crippen LogP contribution in [0.3, 0.4) is 0 Å². The number of halogens is 1. The normalized spacial score (nSPS) is 12.4. The van der Waals surface area contributed by atoms with Gasteiger partial charge in [0.15, 0.2) is 6.29 Å². The first-order valence-electron chi connectivity index (χ1n) is 11.6. The highest BCUT2D eigenvalue weighted by Crippen LogP contribution is 2.32. The minimum absolute atomic E-state index is 0.0328. The second-order valence-electron chi connectivity index (χ2n) is 7.13. The molecule has 2 aromatic carbocycles. The molecule has 0 saturated carbocycles. The number of amidine groups is 1. The third-order valence-corrected chi connectivity index (χ3v) is 5.13. The van der Waals surface area contributed by atoms with Gasteiger partial charge in [0.1, 0.15) is 17.4 Å². The van der Waals surface area contributed by atoms with Crippen LogP contribution in [0, 0.1) is 5.82 Å². The van der Waals surface area contributed by atoms with Gasteiger partial charge in [-0.1, -0.05) is 51.1 Å². The number of methoxy groups -OCH3 is 1. The third-order valence-electron chi connectivity index (χ3n) is 5.13. The van der Waals surface area contributed by atoms with E-state index in [4.69, 9.17) is 16.2 Å². The van der Waals surface area contributed by atoms with Gasteiger partial charge in [-0.15, -0.1) is 0 Å². The van der Waals surface area contributed by atoms with Crippen molar-refractivity contribution in [3.05, 3.63) is 65.5 Å². The Bertz CT molecular complexity index is 1190. The number of nitrogens with zero attached hydrogens (tertiary/aromatic N) is 2. The number of aliphatic imine (C=N–C) groups is 1. The maximum Gasteiger partial charge on any atom is 0.155 e. The number of pyridine rings is 1. The van der Waals surface area contributed by atoms with Crippen molar-refractivity contribution in [1.82, 2.24) is 4.98 Å². The quantitative estimate of drug-likeness (QED) is 0.161. The molecule has 1 heterocycles. The van der Waals surface area contributed by atoms with Crippen molar-refractivity contribution in [3.8, 4) is 17.0 Å². The van der Waals surface area contributed by atoms with Crippen LogP contribution in [0.5, 0.6) is 5.75 Å². The first kappa shape index (κ1) is 30.2. The van der Waals surface area contributed by atoms with Crippen LogP contribution in [-0.4, -0.2) is 49.0 Å². The lowest BCUT2D eigenvalue weighted by molar-refractivity contribution is -0.104. The van der Waals surface area contributed by atoms with Gasteiger partial charge < -0.3 is 27.0 Å². The molecule has 0 spiro atoms. The van der Waals surface area contributed by atoms with Gasteiger partial charge in [0, 0.05) is 22.6 Å². The average molecular weight is 498 g/mol. The molecule has 36 heavy (non-hydrogen) atoms. The van der Waals surface area contributed by atoms with Crippen LogP contribution in [0.2, 0.25) is 0 Å². The zero-order chi connectivity index (χ0) is 27.3. The highest BCUT2D eigenvalue weighted by atomic mass is 19.1. The summed E-state index contributed by atoms with van der Waals surface area (Å²) in [5, 5.41) is 9.80. The molecule has 194 valence electrons. The molecule has 0 aliphatic carbocycles. The topological polar surface area (TPSA) is 150 Å². The summed E-state index contributed by atoms with van der Waals surface area (Å²) in [5.74, 6) is -0.377. The van der Waals surface area contributed by atoms with Crippen molar-refractivity contribution in [2.24, 2.45) is 22.2 Å². The number of aliphatic hydroxyl groups excluding tert-OH is 1. The fourth-order valence-corrected chi connectivity index (χ4v) is 3.28. The van der Waals surface area contributed by atoms with E-state index >= 15 is 4.39 Å². The fourth-order valence-electron chi connectivity index (χ4n) is 3.28. The Morgan fingerprint density at radius 1 is 1.17 bits per heavy atom. The first-order chi connectivity index (χ1) is 17.4. The van der Waals surface area contributed by atoms with Gasteiger partial charge in [-0.25, -0.2) is 9.37 Å². The van der Waals surface area contributed by atoms with Crippen molar-refractivity contribution in [2.75, 3.05) is 20.8 Å². The molecule has 1 atom stereocenters. The second kappa shape index (κ2) is 15.2. The number of benzene rings is 2. The van der Waals surface area contributed by atoms with E-state index in [1.165, 1.54) is 26.3 Å². The number of nitrogens with two attached hydrogens (primary N) is 3. The van der Waals surface area contributed by atoms with E-state index in [-0.39, 0.29) is 29.3 Å². The van der Waals surface area contributed by atoms with Gasteiger partial charge >= 0.3 is 0 Å². The fraction of sp³-hybridized carbons (Fsp3) is 0.296. The van der Waals surface area contributed by atoms with Crippen molar-refractivity contribution in [3.63, 3.8) is 0 Å². The minimum Gasteiger partial charge on any atom is -0.496 e. The Morgan fingerprint density at radius 2 is 1.81 bits per heavy atom. The summed E-state index contributed by atoms with van der Waals surface area (Å²) in [6, 6.07) is 13.4. The van der Waals surface area contributed by atoms with Crippen LogP contribution in [0.1, 0.15) is 32.8 Å². The molecule has 0 bridgehead atoms. The van der Waals surface area contributed by atoms with Gasteiger partial charge in [-0.3, -0.25) is 9.79 Å². The lowest BCUT2D eigenvalue weighted by atomic mass is 10.0. The van der Waals surface area contributed by atoms with Crippen molar-refractivity contribution < 1.29 is 19.0 Å². The highest BCUT2D eigenvalue weighted by Gasteiger charge is 2.18. The summed E-state index contributed by atoms with van der Waals surface area (Å²) in [5.41, 5.74) is 18.2.